The minimum Gasteiger partial charge on any atom is -0.394 e. The van der Waals surface area contributed by atoms with E-state index in [9.17, 15) is 45.6 Å². The molecule has 0 amide bonds. The van der Waals surface area contributed by atoms with Crippen molar-refractivity contribution in [1.82, 2.24) is 0 Å². The Morgan fingerprint density at radius 1 is 0.660 bits per heavy atom. The summed E-state index contributed by atoms with van der Waals surface area (Å²) < 4.78 is 23.8. The number of carbonyl (C=O) groups is 1. The summed E-state index contributed by atoms with van der Waals surface area (Å²) in [5.74, 6) is -0.766. The number of Topliss-reactive ketones (excluding diaryl/α,β-unsaturated/α-hetero) is 1. The molecule has 13 nitrogen and oxygen atoms in total. The van der Waals surface area contributed by atoms with Crippen LogP contribution in [0, 0.1) is 17.8 Å². The van der Waals surface area contributed by atoms with Crippen molar-refractivity contribution in [1.29, 1.82) is 0 Å². The first-order chi connectivity index (χ1) is 22.0. The van der Waals surface area contributed by atoms with Gasteiger partial charge in [-0.05, 0) is 43.4 Å². The van der Waals surface area contributed by atoms with Crippen molar-refractivity contribution >= 4 is 5.78 Å². The molecule has 15 atom stereocenters. The first kappa shape index (κ1) is 41.6. The maximum atomic E-state index is 12.4. The summed E-state index contributed by atoms with van der Waals surface area (Å²) in [5.41, 5.74) is 1.95. The molecule has 0 saturated carbocycles. The Balaban J connectivity index is 2.53. The lowest BCUT2D eigenvalue weighted by Gasteiger charge is -2.42. The van der Waals surface area contributed by atoms with Gasteiger partial charge in [-0.2, -0.15) is 0 Å². The quantitative estimate of drug-likeness (QED) is 0.0828. The summed E-state index contributed by atoms with van der Waals surface area (Å²) in [7, 11) is 0. The Bertz CT molecular complexity index is 1070. The highest BCUT2D eigenvalue weighted by Gasteiger charge is 2.47. The van der Waals surface area contributed by atoms with Gasteiger partial charge in [0.2, 0.25) is 0 Å². The molecule has 0 aromatic carbocycles. The molecule has 0 bridgehead atoms. The summed E-state index contributed by atoms with van der Waals surface area (Å²) in [6.07, 6.45) is -9.50. The Morgan fingerprint density at radius 2 is 1.06 bits per heavy atom. The van der Waals surface area contributed by atoms with E-state index >= 15 is 0 Å². The van der Waals surface area contributed by atoms with Gasteiger partial charge in [-0.15, -0.1) is 0 Å². The third-order valence-corrected chi connectivity index (χ3v) is 9.10. The maximum absolute atomic E-state index is 12.4. The first-order valence-corrected chi connectivity index (χ1v) is 16.5. The monoisotopic (exact) mass is 674 g/mol. The standard InChI is InChI=1S/C34H58O13/c1-9-16(3)11-18(5)31(46-33-29(42)27(40)25(38)23(14-35)44-33)20(7)13-21(8)32(19(6)12-17(4)22(37)10-2)47-34-30(43)28(41)26(39)24(15-36)45-34/h11-13,16,19-20,23-36,38-43H,9-10,14-15H2,1-8H3/b17-12+,18-11+,21-13+. The molecule has 2 aliphatic rings. The second kappa shape index (κ2) is 19.0. The predicted octanol–water partition coefficient (Wildman–Crippen LogP) is 0.493. The van der Waals surface area contributed by atoms with Crippen LogP contribution in [0.2, 0.25) is 0 Å². The van der Waals surface area contributed by atoms with Crippen LogP contribution in [0.15, 0.2) is 34.9 Å². The topological polar surface area (TPSA) is 216 Å². The molecule has 0 aromatic heterocycles. The molecule has 8 N–H and O–H groups in total. The smallest absolute Gasteiger partial charge is 0.187 e. The number of hydrogen-bond acceptors (Lipinski definition) is 13. The summed E-state index contributed by atoms with van der Waals surface area (Å²) in [6.45, 7) is 13.6. The van der Waals surface area contributed by atoms with Gasteiger partial charge in [0.25, 0.3) is 0 Å². The fraction of sp³-hybridized carbons (Fsp3) is 0.794. The summed E-state index contributed by atoms with van der Waals surface area (Å²) in [4.78, 5) is 12.4. The number of aliphatic hydroxyl groups is 8. The van der Waals surface area contributed by atoms with E-state index in [0.717, 1.165) is 12.0 Å². The molecule has 15 unspecified atom stereocenters. The summed E-state index contributed by atoms with van der Waals surface area (Å²) in [5, 5.41) is 82.1. The zero-order valence-electron chi connectivity index (χ0n) is 28.8. The van der Waals surface area contributed by atoms with Gasteiger partial charge < -0.3 is 59.8 Å². The van der Waals surface area contributed by atoms with Gasteiger partial charge in [-0.1, -0.05) is 59.3 Å². The molecule has 47 heavy (non-hydrogen) atoms. The highest BCUT2D eigenvalue weighted by atomic mass is 16.7. The van der Waals surface area contributed by atoms with Gasteiger partial charge in [0, 0.05) is 18.3 Å². The van der Waals surface area contributed by atoms with E-state index in [1.165, 1.54) is 0 Å². The van der Waals surface area contributed by atoms with E-state index in [4.69, 9.17) is 18.9 Å². The van der Waals surface area contributed by atoms with Gasteiger partial charge in [0.1, 0.15) is 48.8 Å². The van der Waals surface area contributed by atoms with Crippen LogP contribution in [0.1, 0.15) is 68.2 Å². The molecular weight excluding hydrogens is 616 g/mol. The van der Waals surface area contributed by atoms with Crippen molar-refractivity contribution < 1.29 is 64.6 Å². The molecule has 2 heterocycles. The zero-order chi connectivity index (χ0) is 35.7. The van der Waals surface area contributed by atoms with Crippen LogP contribution < -0.4 is 0 Å². The fourth-order valence-electron chi connectivity index (χ4n) is 6.05. The van der Waals surface area contributed by atoms with Crippen molar-refractivity contribution in [2.45, 2.75) is 142 Å². The van der Waals surface area contributed by atoms with Crippen molar-refractivity contribution in [3.05, 3.63) is 34.9 Å². The average Bonchev–Trinajstić information content (AvgIpc) is 3.04. The van der Waals surface area contributed by atoms with E-state index in [0.29, 0.717) is 17.6 Å². The van der Waals surface area contributed by atoms with Gasteiger partial charge in [0.15, 0.2) is 18.4 Å². The first-order valence-electron chi connectivity index (χ1n) is 16.5. The molecule has 13 heteroatoms. The van der Waals surface area contributed by atoms with Crippen LogP contribution >= 0.6 is 0 Å². The van der Waals surface area contributed by atoms with Crippen molar-refractivity contribution in [2.24, 2.45) is 17.8 Å². The largest absolute Gasteiger partial charge is 0.394 e. The van der Waals surface area contributed by atoms with E-state index in [1.807, 2.05) is 46.8 Å². The highest BCUT2D eigenvalue weighted by Crippen LogP contribution is 2.32. The number of allylic oxidation sites excluding steroid dienone is 2. The number of ether oxygens (including phenoxy) is 4. The van der Waals surface area contributed by atoms with Gasteiger partial charge >= 0.3 is 0 Å². The molecule has 2 rings (SSSR count). The molecule has 0 radical (unpaired) electrons. The van der Waals surface area contributed by atoms with Crippen LogP contribution in [-0.4, -0.2) is 133 Å². The van der Waals surface area contributed by atoms with Gasteiger partial charge in [-0.3, -0.25) is 4.79 Å². The lowest BCUT2D eigenvalue weighted by Crippen LogP contribution is -2.60. The van der Waals surface area contributed by atoms with Crippen LogP contribution in [0.4, 0.5) is 0 Å². The van der Waals surface area contributed by atoms with Crippen LogP contribution in [-0.2, 0) is 23.7 Å². The fourth-order valence-corrected chi connectivity index (χ4v) is 6.05. The number of aliphatic hydroxyl groups excluding tert-OH is 8. The Morgan fingerprint density at radius 3 is 1.45 bits per heavy atom. The Hall–Kier alpha value is -1.59. The summed E-state index contributed by atoms with van der Waals surface area (Å²) in [6, 6.07) is 0. The molecule has 0 spiro atoms. The van der Waals surface area contributed by atoms with E-state index in [2.05, 4.69) is 0 Å². The van der Waals surface area contributed by atoms with Crippen molar-refractivity contribution in [3.8, 4) is 0 Å². The molecular formula is C34H58O13. The Kier molecular flexibility index (Phi) is 16.8. The Labute approximate surface area is 278 Å². The molecule has 2 aliphatic heterocycles. The number of rotatable bonds is 16. The maximum Gasteiger partial charge on any atom is 0.187 e. The SMILES string of the molecule is CCC(=O)/C(C)=C/C(C)C(OC1OC(CO)C(O)C(O)C1O)/C(C)=C/C(C)C(OC1OC(CO)C(O)C(O)C1O)/C(C)=C/C(C)CC. The van der Waals surface area contributed by atoms with Crippen LogP contribution in [0.25, 0.3) is 0 Å². The lowest BCUT2D eigenvalue weighted by molar-refractivity contribution is -0.311. The minimum atomic E-state index is -1.64. The second-order valence-electron chi connectivity index (χ2n) is 13.1. The van der Waals surface area contributed by atoms with E-state index in [-0.39, 0.29) is 11.7 Å². The number of ketones is 1. The average molecular weight is 675 g/mol. The molecule has 0 aliphatic carbocycles. The lowest BCUT2D eigenvalue weighted by atomic mass is 9.89. The molecule has 2 fully saturated rings. The van der Waals surface area contributed by atoms with Crippen LogP contribution in [0.5, 0.6) is 0 Å². The summed E-state index contributed by atoms with van der Waals surface area (Å²) >= 11 is 0. The third kappa shape index (κ3) is 10.7. The van der Waals surface area contributed by atoms with Gasteiger partial charge in [-0.25, -0.2) is 0 Å². The van der Waals surface area contributed by atoms with E-state index in [1.54, 1.807) is 26.8 Å². The normalized spacial score (nSPS) is 36.0. The van der Waals surface area contributed by atoms with Crippen molar-refractivity contribution in [2.75, 3.05) is 13.2 Å². The number of hydrogen-bond donors (Lipinski definition) is 8. The van der Waals surface area contributed by atoms with Crippen LogP contribution in [0.3, 0.4) is 0 Å². The zero-order valence-corrected chi connectivity index (χ0v) is 28.8. The predicted molar refractivity (Wildman–Crippen MR) is 172 cm³/mol. The minimum absolute atomic E-state index is 0.0581. The van der Waals surface area contributed by atoms with E-state index < -0.39 is 98.7 Å². The molecule has 0 aromatic rings. The molecule has 2 saturated heterocycles. The second-order valence-corrected chi connectivity index (χ2v) is 13.1. The highest BCUT2D eigenvalue weighted by molar-refractivity contribution is 5.94. The van der Waals surface area contributed by atoms with Gasteiger partial charge in [0.05, 0.1) is 25.4 Å². The van der Waals surface area contributed by atoms with Crippen molar-refractivity contribution in [3.63, 3.8) is 0 Å². The number of carbonyl (C=O) groups excluding carboxylic acids is 1. The third-order valence-electron chi connectivity index (χ3n) is 9.10. The molecule has 272 valence electrons.